The van der Waals surface area contributed by atoms with E-state index in [-0.39, 0.29) is 24.0 Å². The lowest BCUT2D eigenvalue weighted by atomic mass is 10.3. The number of rotatable bonds is 5. The van der Waals surface area contributed by atoms with Crippen LogP contribution in [0.25, 0.3) is 0 Å². The predicted molar refractivity (Wildman–Crippen MR) is 121 cm³/mol. The number of aromatic nitrogens is 4. The first-order valence-electron chi connectivity index (χ1n) is 9.38. The Bertz CT molecular complexity index is 835. The summed E-state index contributed by atoms with van der Waals surface area (Å²) in [5.41, 5.74) is 0. The van der Waals surface area contributed by atoms with Crippen molar-refractivity contribution >= 4 is 47.4 Å². The smallest absolute Gasteiger partial charge is 0.192 e. The first kappa shape index (κ1) is 21.1. The van der Waals surface area contributed by atoms with Crippen LogP contribution in [0.1, 0.15) is 30.9 Å². The van der Waals surface area contributed by atoms with Gasteiger partial charge in [0, 0.05) is 38.4 Å². The van der Waals surface area contributed by atoms with Crippen molar-refractivity contribution in [2.45, 2.75) is 44.8 Å². The lowest BCUT2D eigenvalue weighted by Gasteiger charge is -2.20. The molecule has 152 valence electrons. The molecule has 1 saturated heterocycles. The van der Waals surface area contributed by atoms with Crippen LogP contribution >= 0.6 is 35.6 Å². The molecule has 2 N–H and O–H groups in total. The Morgan fingerprint density at radius 2 is 2.04 bits per heavy atom. The van der Waals surface area contributed by atoms with E-state index >= 15 is 0 Å². The second-order valence-electron chi connectivity index (χ2n) is 7.19. The number of nitrogens with zero attached hydrogens (tertiary/aromatic N) is 6. The fraction of sp³-hybridized carbons (Fsp3) is 0.556. The SMILES string of the molecule is Cc1nnc(CN=C(NC2CC2)NC2CCN(c3ncccc3Cl)C2)n1C.I. The average molecular weight is 517 g/mol. The van der Waals surface area contributed by atoms with E-state index in [4.69, 9.17) is 16.6 Å². The van der Waals surface area contributed by atoms with E-state index in [1.165, 1.54) is 12.8 Å². The van der Waals surface area contributed by atoms with Gasteiger partial charge in [-0.05, 0) is 38.3 Å². The Hall–Kier alpha value is -1.62. The normalized spacial score (nSPS) is 19.5. The molecule has 2 aromatic heterocycles. The van der Waals surface area contributed by atoms with Gasteiger partial charge in [0.15, 0.2) is 11.8 Å². The Morgan fingerprint density at radius 3 is 2.71 bits per heavy atom. The van der Waals surface area contributed by atoms with E-state index in [9.17, 15) is 0 Å². The van der Waals surface area contributed by atoms with Gasteiger partial charge in [0.2, 0.25) is 0 Å². The largest absolute Gasteiger partial charge is 0.354 e. The van der Waals surface area contributed by atoms with Crippen molar-refractivity contribution < 1.29 is 0 Å². The van der Waals surface area contributed by atoms with E-state index in [1.807, 2.05) is 30.7 Å². The third-order valence-corrected chi connectivity index (χ3v) is 5.34. The quantitative estimate of drug-likeness (QED) is 0.360. The number of nitrogens with one attached hydrogen (secondary N) is 2. The minimum Gasteiger partial charge on any atom is -0.354 e. The number of anilines is 1. The zero-order valence-corrected chi connectivity index (χ0v) is 19.2. The topological polar surface area (TPSA) is 83.3 Å². The summed E-state index contributed by atoms with van der Waals surface area (Å²) >= 11 is 6.29. The molecule has 1 aliphatic carbocycles. The van der Waals surface area contributed by atoms with Gasteiger partial charge in [-0.3, -0.25) is 0 Å². The van der Waals surface area contributed by atoms with Gasteiger partial charge in [0.25, 0.3) is 0 Å². The Balaban J connectivity index is 0.00000225. The number of hydrogen-bond donors (Lipinski definition) is 2. The van der Waals surface area contributed by atoms with Crippen molar-refractivity contribution in [3.05, 3.63) is 35.0 Å². The number of hydrogen-bond acceptors (Lipinski definition) is 5. The number of pyridine rings is 1. The molecule has 0 spiro atoms. The van der Waals surface area contributed by atoms with Crippen molar-refractivity contribution in [1.82, 2.24) is 30.4 Å². The summed E-state index contributed by atoms with van der Waals surface area (Å²) in [7, 11) is 1.97. The Kier molecular flexibility index (Phi) is 6.97. The third kappa shape index (κ3) is 5.05. The molecule has 8 nitrogen and oxygen atoms in total. The number of aliphatic imine (C=N–C) groups is 1. The van der Waals surface area contributed by atoms with Crippen LogP contribution < -0.4 is 15.5 Å². The molecule has 0 bridgehead atoms. The maximum Gasteiger partial charge on any atom is 0.192 e. The molecule has 3 heterocycles. The highest BCUT2D eigenvalue weighted by Gasteiger charge is 2.28. The van der Waals surface area contributed by atoms with Gasteiger partial charge in [0.05, 0.1) is 5.02 Å². The second kappa shape index (κ2) is 9.25. The summed E-state index contributed by atoms with van der Waals surface area (Å²) in [6.07, 6.45) is 5.20. The summed E-state index contributed by atoms with van der Waals surface area (Å²) in [6.45, 7) is 4.22. The molecule has 28 heavy (non-hydrogen) atoms. The van der Waals surface area contributed by atoms with Gasteiger partial charge in [-0.1, -0.05) is 11.6 Å². The molecular weight excluding hydrogens is 491 g/mol. The molecule has 1 unspecified atom stereocenters. The summed E-state index contributed by atoms with van der Waals surface area (Å²) in [5, 5.41) is 16.1. The van der Waals surface area contributed by atoms with Crippen LogP contribution in [0.5, 0.6) is 0 Å². The molecule has 1 saturated carbocycles. The monoisotopic (exact) mass is 516 g/mol. The van der Waals surface area contributed by atoms with Gasteiger partial charge in [-0.25, -0.2) is 9.98 Å². The van der Waals surface area contributed by atoms with E-state index in [1.54, 1.807) is 6.20 Å². The van der Waals surface area contributed by atoms with E-state index < -0.39 is 0 Å². The van der Waals surface area contributed by atoms with E-state index in [0.717, 1.165) is 42.9 Å². The molecule has 4 rings (SSSR count). The summed E-state index contributed by atoms with van der Waals surface area (Å²) in [5.74, 6) is 3.45. The predicted octanol–water partition coefficient (Wildman–Crippen LogP) is 2.27. The lowest BCUT2D eigenvalue weighted by molar-refractivity contribution is 0.642. The number of halogens is 2. The molecule has 2 aromatic rings. The van der Waals surface area contributed by atoms with Crippen molar-refractivity contribution in [2.24, 2.45) is 12.0 Å². The molecule has 1 aliphatic heterocycles. The fourth-order valence-electron chi connectivity index (χ4n) is 3.17. The summed E-state index contributed by atoms with van der Waals surface area (Å²) in [6, 6.07) is 4.57. The van der Waals surface area contributed by atoms with Gasteiger partial charge < -0.3 is 20.1 Å². The van der Waals surface area contributed by atoms with Crippen molar-refractivity contribution in [2.75, 3.05) is 18.0 Å². The van der Waals surface area contributed by atoms with Crippen LogP contribution in [0.3, 0.4) is 0 Å². The van der Waals surface area contributed by atoms with Crippen LogP contribution in [0.2, 0.25) is 5.02 Å². The third-order valence-electron chi connectivity index (χ3n) is 5.05. The van der Waals surface area contributed by atoms with Crippen LogP contribution in [-0.2, 0) is 13.6 Å². The molecule has 0 aromatic carbocycles. The van der Waals surface area contributed by atoms with Gasteiger partial charge in [-0.15, -0.1) is 34.2 Å². The fourth-order valence-corrected chi connectivity index (χ4v) is 3.41. The zero-order valence-electron chi connectivity index (χ0n) is 16.1. The Labute approximate surface area is 187 Å². The highest BCUT2D eigenvalue weighted by molar-refractivity contribution is 14.0. The van der Waals surface area contributed by atoms with Gasteiger partial charge in [0.1, 0.15) is 18.2 Å². The molecule has 2 aliphatic rings. The molecule has 0 radical (unpaired) electrons. The minimum atomic E-state index is 0. The zero-order chi connectivity index (χ0) is 18.8. The average Bonchev–Trinajstić information content (AvgIpc) is 3.26. The van der Waals surface area contributed by atoms with Crippen LogP contribution in [-0.4, -0.2) is 50.9 Å². The first-order chi connectivity index (χ1) is 13.1. The first-order valence-corrected chi connectivity index (χ1v) is 9.76. The summed E-state index contributed by atoms with van der Waals surface area (Å²) < 4.78 is 1.97. The molecular formula is C18H26ClIN8. The van der Waals surface area contributed by atoms with E-state index in [2.05, 4.69) is 30.7 Å². The standard InChI is InChI=1S/C18H25ClN8.HI/c1-12-24-25-16(26(12)2)10-21-18(22-13-5-6-13)23-14-7-9-27(11-14)17-15(19)4-3-8-20-17;/h3-4,8,13-14H,5-7,9-11H2,1-2H3,(H2,21,22,23);1H. The maximum atomic E-state index is 6.29. The van der Waals surface area contributed by atoms with Crippen LogP contribution in [0.4, 0.5) is 5.82 Å². The van der Waals surface area contributed by atoms with Crippen LogP contribution in [0.15, 0.2) is 23.3 Å². The lowest BCUT2D eigenvalue weighted by Crippen LogP contribution is -2.45. The number of aryl methyl sites for hydroxylation is 1. The summed E-state index contributed by atoms with van der Waals surface area (Å²) in [4.78, 5) is 11.4. The minimum absolute atomic E-state index is 0. The van der Waals surface area contributed by atoms with Crippen molar-refractivity contribution in [3.63, 3.8) is 0 Å². The van der Waals surface area contributed by atoms with Crippen molar-refractivity contribution in [1.29, 1.82) is 0 Å². The Morgan fingerprint density at radius 1 is 1.25 bits per heavy atom. The molecule has 1 atom stereocenters. The molecule has 10 heteroatoms. The highest BCUT2D eigenvalue weighted by atomic mass is 127. The van der Waals surface area contributed by atoms with Gasteiger partial charge >= 0.3 is 0 Å². The molecule has 0 amide bonds. The maximum absolute atomic E-state index is 6.29. The highest BCUT2D eigenvalue weighted by Crippen LogP contribution is 2.26. The molecule has 2 fully saturated rings. The van der Waals surface area contributed by atoms with Crippen LogP contribution in [0, 0.1) is 6.92 Å². The number of guanidine groups is 1. The second-order valence-corrected chi connectivity index (χ2v) is 7.60. The van der Waals surface area contributed by atoms with Gasteiger partial charge in [-0.2, -0.15) is 0 Å². The van der Waals surface area contributed by atoms with Crippen molar-refractivity contribution in [3.8, 4) is 0 Å². The van der Waals surface area contributed by atoms with E-state index in [0.29, 0.717) is 23.7 Å².